The quantitative estimate of drug-likeness (QED) is 0.934. The summed E-state index contributed by atoms with van der Waals surface area (Å²) in [6, 6.07) is 4.97. The van der Waals surface area contributed by atoms with Gasteiger partial charge in [0.25, 0.3) is 5.91 Å². The third kappa shape index (κ3) is 3.84. The minimum Gasteiger partial charge on any atom is -0.337 e. The van der Waals surface area contributed by atoms with Gasteiger partial charge in [0.05, 0.1) is 0 Å². The molecule has 7 heteroatoms. The molecule has 2 aromatic rings. The first-order valence-electron chi connectivity index (χ1n) is 7.98. The van der Waals surface area contributed by atoms with Crippen molar-refractivity contribution in [2.24, 2.45) is 0 Å². The molecule has 1 saturated heterocycles. The van der Waals surface area contributed by atoms with Crippen LogP contribution in [0, 0.1) is 11.6 Å². The highest BCUT2D eigenvalue weighted by molar-refractivity contribution is 5.92. The summed E-state index contributed by atoms with van der Waals surface area (Å²) in [7, 11) is 0. The van der Waals surface area contributed by atoms with Crippen LogP contribution in [0.1, 0.15) is 36.2 Å². The van der Waals surface area contributed by atoms with Crippen molar-refractivity contribution in [2.45, 2.75) is 25.7 Å². The topological polar surface area (TPSA) is 58.1 Å². The van der Waals surface area contributed by atoms with Crippen LogP contribution in [-0.4, -0.2) is 33.9 Å². The summed E-state index contributed by atoms with van der Waals surface area (Å²) in [4.78, 5) is 22.6. The van der Waals surface area contributed by atoms with Crippen molar-refractivity contribution in [2.75, 3.05) is 18.4 Å². The smallest absolute Gasteiger partial charge is 0.272 e. The van der Waals surface area contributed by atoms with E-state index < -0.39 is 11.6 Å². The van der Waals surface area contributed by atoms with Gasteiger partial charge in [-0.05, 0) is 31.0 Å². The van der Waals surface area contributed by atoms with E-state index in [2.05, 4.69) is 15.3 Å². The molecule has 3 rings (SSSR count). The normalized spacial score (nSPS) is 15.0. The van der Waals surface area contributed by atoms with Gasteiger partial charge in [-0.1, -0.05) is 12.8 Å². The molecule has 126 valence electrons. The Balaban J connectivity index is 1.75. The van der Waals surface area contributed by atoms with Crippen LogP contribution in [0.3, 0.4) is 0 Å². The lowest BCUT2D eigenvalue weighted by Gasteiger charge is -2.19. The lowest BCUT2D eigenvalue weighted by atomic mass is 10.2. The molecular formula is C17H18F2N4O. The van der Waals surface area contributed by atoms with E-state index in [1.54, 1.807) is 11.0 Å². The fourth-order valence-corrected chi connectivity index (χ4v) is 2.68. The number of benzene rings is 1. The molecule has 1 aromatic carbocycles. The van der Waals surface area contributed by atoms with Crippen LogP contribution in [0.4, 0.5) is 20.4 Å². The molecule has 0 atom stereocenters. The maximum absolute atomic E-state index is 13.3. The Kier molecular flexibility index (Phi) is 4.98. The third-order valence-electron chi connectivity index (χ3n) is 3.94. The number of rotatable bonds is 3. The van der Waals surface area contributed by atoms with Gasteiger partial charge in [-0.15, -0.1) is 0 Å². The molecular weight excluding hydrogens is 314 g/mol. The van der Waals surface area contributed by atoms with Crippen molar-refractivity contribution in [1.29, 1.82) is 0 Å². The average molecular weight is 332 g/mol. The highest BCUT2D eigenvalue weighted by atomic mass is 19.2. The molecule has 0 bridgehead atoms. The number of nitrogens with one attached hydrogen (secondary N) is 1. The molecule has 24 heavy (non-hydrogen) atoms. The zero-order valence-corrected chi connectivity index (χ0v) is 13.1. The van der Waals surface area contributed by atoms with E-state index in [0.717, 1.165) is 50.9 Å². The summed E-state index contributed by atoms with van der Waals surface area (Å²) in [5, 5.41) is 2.78. The number of halogens is 2. The van der Waals surface area contributed by atoms with E-state index in [1.165, 1.54) is 12.3 Å². The fourth-order valence-electron chi connectivity index (χ4n) is 2.68. The van der Waals surface area contributed by atoms with Crippen LogP contribution in [0.2, 0.25) is 0 Å². The lowest BCUT2D eigenvalue weighted by molar-refractivity contribution is 0.0755. The Morgan fingerprint density at radius 1 is 1.04 bits per heavy atom. The molecule has 0 radical (unpaired) electrons. The Morgan fingerprint density at radius 3 is 2.50 bits per heavy atom. The summed E-state index contributed by atoms with van der Waals surface area (Å²) in [5.74, 6) is -1.85. The average Bonchev–Trinajstić information content (AvgIpc) is 2.87. The van der Waals surface area contributed by atoms with Crippen LogP contribution >= 0.6 is 0 Å². The van der Waals surface area contributed by atoms with E-state index in [-0.39, 0.29) is 17.5 Å². The molecule has 1 fully saturated rings. The van der Waals surface area contributed by atoms with Crippen molar-refractivity contribution >= 4 is 17.5 Å². The Hall–Kier alpha value is -2.57. The number of hydrogen-bond donors (Lipinski definition) is 1. The molecule has 5 nitrogen and oxygen atoms in total. The summed E-state index contributed by atoms with van der Waals surface area (Å²) in [6.07, 6.45) is 5.74. The second-order valence-corrected chi connectivity index (χ2v) is 5.73. The Bertz CT molecular complexity index is 730. The van der Waals surface area contributed by atoms with Crippen LogP contribution in [0.25, 0.3) is 0 Å². The summed E-state index contributed by atoms with van der Waals surface area (Å²) >= 11 is 0. The molecule has 1 aliphatic heterocycles. The molecule has 0 unspecified atom stereocenters. The van der Waals surface area contributed by atoms with Crippen molar-refractivity contribution in [3.8, 4) is 0 Å². The van der Waals surface area contributed by atoms with Gasteiger partial charge in [-0.25, -0.2) is 18.7 Å². The van der Waals surface area contributed by atoms with Crippen LogP contribution in [0.5, 0.6) is 0 Å². The second-order valence-electron chi connectivity index (χ2n) is 5.73. The van der Waals surface area contributed by atoms with Crippen molar-refractivity contribution < 1.29 is 13.6 Å². The molecule has 1 aromatic heterocycles. The Labute approximate surface area is 138 Å². The molecule has 1 amide bonds. The van der Waals surface area contributed by atoms with Crippen LogP contribution < -0.4 is 5.32 Å². The number of anilines is 2. The van der Waals surface area contributed by atoms with Gasteiger partial charge in [-0.2, -0.15) is 0 Å². The van der Waals surface area contributed by atoms with Gasteiger partial charge in [0, 0.05) is 31.0 Å². The summed E-state index contributed by atoms with van der Waals surface area (Å²) in [5.41, 5.74) is 0.602. The van der Waals surface area contributed by atoms with E-state index in [1.807, 2.05) is 0 Å². The highest BCUT2D eigenvalue weighted by Crippen LogP contribution is 2.17. The van der Waals surface area contributed by atoms with Crippen LogP contribution in [0.15, 0.2) is 30.5 Å². The number of amides is 1. The molecule has 2 heterocycles. The largest absolute Gasteiger partial charge is 0.337 e. The van der Waals surface area contributed by atoms with Crippen molar-refractivity contribution in [3.05, 3.63) is 47.8 Å². The maximum Gasteiger partial charge on any atom is 0.272 e. The lowest BCUT2D eigenvalue weighted by Crippen LogP contribution is -2.32. The summed E-state index contributed by atoms with van der Waals surface area (Å²) < 4.78 is 26.2. The predicted octanol–water partition coefficient (Wildman–Crippen LogP) is 3.51. The molecule has 0 aliphatic carbocycles. The first-order valence-corrected chi connectivity index (χ1v) is 7.98. The molecule has 1 aliphatic rings. The van der Waals surface area contributed by atoms with Gasteiger partial charge in [0.15, 0.2) is 11.6 Å². The summed E-state index contributed by atoms with van der Waals surface area (Å²) in [6.45, 7) is 1.46. The van der Waals surface area contributed by atoms with Crippen molar-refractivity contribution in [3.63, 3.8) is 0 Å². The number of likely N-dealkylation sites (tertiary alicyclic amines) is 1. The van der Waals surface area contributed by atoms with Crippen molar-refractivity contribution in [1.82, 2.24) is 14.9 Å². The number of nitrogens with zero attached hydrogens (tertiary/aromatic N) is 3. The first kappa shape index (κ1) is 16.3. The second kappa shape index (κ2) is 7.33. The third-order valence-corrected chi connectivity index (χ3v) is 3.94. The number of carbonyl (C=O) groups is 1. The van der Waals surface area contributed by atoms with Gasteiger partial charge in [0.1, 0.15) is 5.69 Å². The fraction of sp³-hybridized carbons (Fsp3) is 0.353. The van der Waals surface area contributed by atoms with E-state index in [0.29, 0.717) is 5.69 Å². The zero-order valence-electron chi connectivity index (χ0n) is 13.1. The van der Waals surface area contributed by atoms with Gasteiger partial charge >= 0.3 is 0 Å². The molecule has 1 N–H and O–H groups in total. The predicted molar refractivity (Wildman–Crippen MR) is 86.0 cm³/mol. The number of hydrogen-bond acceptors (Lipinski definition) is 4. The minimum atomic E-state index is -0.961. The van der Waals surface area contributed by atoms with E-state index >= 15 is 0 Å². The molecule has 0 saturated carbocycles. The highest BCUT2D eigenvalue weighted by Gasteiger charge is 2.19. The first-order chi connectivity index (χ1) is 11.6. The van der Waals surface area contributed by atoms with Gasteiger partial charge in [-0.3, -0.25) is 4.79 Å². The zero-order chi connectivity index (χ0) is 16.9. The monoisotopic (exact) mass is 332 g/mol. The van der Waals surface area contributed by atoms with E-state index in [9.17, 15) is 13.6 Å². The molecule has 0 spiro atoms. The van der Waals surface area contributed by atoms with Crippen LogP contribution in [-0.2, 0) is 0 Å². The van der Waals surface area contributed by atoms with Gasteiger partial charge < -0.3 is 10.2 Å². The maximum atomic E-state index is 13.3. The Morgan fingerprint density at radius 2 is 1.79 bits per heavy atom. The SMILES string of the molecule is O=C(c1ccnc(Nc2ccc(F)c(F)c2)n1)N1CCCCCC1. The van der Waals surface area contributed by atoms with E-state index in [4.69, 9.17) is 0 Å². The standard InChI is InChI=1S/C17H18F2N4O/c18-13-6-5-12(11-14(13)19)21-17-20-8-7-15(22-17)16(24)23-9-3-1-2-4-10-23/h5-8,11H,1-4,9-10H2,(H,20,21,22). The minimum absolute atomic E-state index is 0.132. The number of carbonyl (C=O) groups excluding carboxylic acids is 1. The number of aromatic nitrogens is 2. The van der Waals surface area contributed by atoms with Gasteiger partial charge in [0.2, 0.25) is 5.95 Å².